The van der Waals surface area contributed by atoms with E-state index in [0.717, 1.165) is 18.4 Å². The molecule has 1 saturated heterocycles. The first kappa shape index (κ1) is 14.3. The van der Waals surface area contributed by atoms with Crippen LogP contribution in [0.4, 0.5) is 0 Å². The van der Waals surface area contributed by atoms with Crippen molar-refractivity contribution < 1.29 is 0 Å². The van der Waals surface area contributed by atoms with Crippen LogP contribution in [-0.2, 0) is 0 Å². The number of nitrogens with zero attached hydrogens (tertiary/aromatic N) is 1. The van der Waals surface area contributed by atoms with Crippen LogP contribution < -0.4 is 11.2 Å². The second-order valence-electron chi connectivity index (χ2n) is 6.74. The van der Waals surface area contributed by atoms with Crippen LogP contribution in [0.25, 0.3) is 0 Å². The molecule has 2 atom stereocenters. The molecule has 1 aliphatic carbocycles. The van der Waals surface area contributed by atoms with Crippen molar-refractivity contribution in [3.8, 4) is 0 Å². The van der Waals surface area contributed by atoms with Gasteiger partial charge >= 0.3 is 0 Å². The Morgan fingerprint density at radius 1 is 1.22 bits per heavy atom. The summed E-state index contributed by atoms with van der Waals surface area (Å²) < 4.78 is 0. The average molecular weight is 253 g/mol. The van der Waals surface area contributed by atoms with Crippen LogP contribution >= 0.6 is 0 Å². The molecule has 0 amide bonds. The number of nitrogens with one attached hydrogen (secondary N) is 1. The molecule has 1 aliphatic heterocycles. The molecule has 106 valence electrons. The zero-order valence-electron chi connectivity index (χ0n) is 12.3. The summed E-state index contributed by atoms with van der Waals surface area (Å²) in [6.07, 6.45) is 9.30. The largest absolute Gasteiger partial charge is 0.329 e. The summed E-state index contributed by atoms with van der Waals surface area (Å²) in [7, 11) is 0. The first-order chi connectivity index (χ1) is 8.65. The molecule has 0 aromatic heterocycles. The van der Waals surface area contributed by atoms with Gasteiger partial charge in [0.05, 0.1) is 0 Å². The monoisotopic (exact) mass is 253 g/mol. The Morgan fingerprint density at radius 3 is 2.56 bits per heavy atom. The van der Waals surface area contributed by atoms with Gasteiger partial charge in [-0.05, 0) is 37.5 Å². The lowest BCUT2D eigenvalue weighted by atomic mass is 9.72. The maximum absolute atomic E-state index is 6.13. The molecule has 0 radical (unpaired) electrons. The number of hydrogen-bond acceptors (Lipinski definition) is 3. The predicted octanol–water partition coefficient (Wildman–Crippen LogP) is 2.52. The van der Waals surface area contributed by atoms with Crippen molar-refractivity contribution in [2.75, 3.05) is 19.6 Å². The van der Waals surface area contributed by atoms with Gasteiger partial charge in [0.2, 0.25) is 0 Å². The number of hydrogen-bond donors (Lipinski definition) is 2. The van der Waals surface area contributed by atoms with E-state index in [1.807, 2.05) is 0 Å². The molecule has 2 fully saturated rings. The Labute approximate surface area is 112 Å². The Morgan fingerprint density at radius 2 is 1.94 bits per heavy atom. The van der Waals surface area contributed by atoms with Crippen molar-refractivity contribution in [2.45, 2.75) is 64.3 Å². The van der Waals surface area contributed by atoms with Gasteiger partial charge in [-0.2, -0.15) is 0 Å². The molecule has 0 bridgehead atoms. The van der Waals surface area contributed by atoms with E-state index in [2.05, 4.69) is 24.3 Å². The van der Waals surface area contributed by atoms with Crippen molar-refractivity contribution in [3.05, 3.63) is 0 Å². The van der Waals surface area contributed by atoms with E-state index in [1.165, 1.54) is 58.0 Å². The van der Waals surface area contributed by atoms with Gasteiger partial charge in [0.1, 0.15) is 0 Å². The molecular formula is C15H31N3. The lowest BCUT2D eigenvalue weighted by Crippen LogP contribution is -2.61. The van der Waals surface area contributed by atoms with Crippen molar-refractivity contribution in [3.63, 3.8) is 0 Å². The fraction of sp³-hybridized carbons (Fsp3) is 1.00. The fourth-order valence-corrected chi connectivity index (χ4v) is 3.65. The highest BCUT2D eigenvalue weighted by atomic mass is 15.5. The minimum absolute atomic E-state index is 0.185. The van der Waals surface area contributed by atoms with E-state index >= 15 is 0 Å². The molecular weight excluding hydrogens is 222 g/mol. The summed E-state index contributed by atoms with van der Waals surface area (Å²) in [6, 6.07) is 0. The van der Waals surface area contributed by atoms with E-state index in [9.17, 15) is 0 Å². The highest BCUT2D eigenvalue weighted by Gasteiger charge is 2.37. The highest BCUT2D eigenvalue weighted by molar-refractivity contribution is 4.94. The van der Waals surface area contributed by atoms with Gasteiger partial charge in [-0.15, -0.1) is 0 Å². The molecule has 0 aromatic rings. The van der Waals surface area contributed by atoms with Gasteiger partial charge in [-0.25, -0.2) is 10.4 Å². The molecule has 0 aromatic carbocycles. The van der Waals surface area contributed by atoms with Gasteiger partial charge in [0.25, 0.3) is 0 Å². The third kappa shape index (κ3) is 3.46. The van der Waals surface area contributed by atoms with Gasteiger partial charge < -0.3 is 5.73 Å². The van der Waals surface area contributed by atoms with Crippen LogP contribution in [0.3, 0.4) is 0 Å². The molecule has 2 unspecified atom stereocenters. The SMILES string of the molecule is CC(C)C1CCCC(CN)(NN2CCCCC2)C1. The van der Waals surface area contributed by atoms with Gasteiger partial charge in [0, 0.05) is 25.2 Å². The zero-order chi connectivity index (χ0) is 13.0. The quantitative estimate of drug-likeness (QED) is 0.809. The average Bonchev–Trinajstić information content (AvgIpc) is 2.40. The molecule has 3 nitrogen and oxygen atoms in total. The number of hydrazine groups is 1. The molecule has 1 heterocycles. The minimum atomic E-state index is 0.185. The second-order valence-corrected chi connectivity index (χ2v) is 6.74. The molecule has 0 spiro atoms. The standard InChI is InChI=1S/C15H31N3/c1-13(2)14-7-6-8-15(11-14,12-16)17-18-9-4-3-5-10-18/h13-14,17H,3-12,16H2,1-2H3. The normalized spacial score (nSPS) is 35.0. The predicted molar refractivity (Wildman–Crippen MR) is 77.1 cm³/mol. The van der Waals surface area contributed by atoms with Gasteiger partial charge in [-0.1, -0.05) is 33.1 Å². The van der Waals surface area contributed by atoms with Crippen molar-refractivity contribution in [2.24, 2.45) is 17.6 Å². The number of nitrogens with two attached hydrogens (primary N) is 1. The van der Waals surface area contributed by atoms with Crippen molar-refractivity contribution in [1.29, 1.82) is 0 Å². The lowest BCUT2D eigenvalue weighted by Gasteiger charge is -2.46. The molecule has 18 heavy (non-hydrogen) atoms. The first-order valence-corrected chi connectivity index (χ1v) is 7.88. The smallest absolute Gasteiger partial charge is 0.0450 e. The van der Waals surface area contributed by atoms with Crippen LogP contribution in [-0.4, -0.2) is 30.2 Å². The Kier molecular flexibility index (Phi) is 5.05. The zero-order valence-corrected chi connectivity index (χ0v) is 12.3. The lowest BCUT2D eigenvalue weighted by molar-refractivity contribution is 0.0398. The topological polar surface area (TPSA) is 41.3 Å². The maximum Gasteiger partial charge on any atom is 0.0450 e. The molecule has 2 rings (SSSR count). The molecule has 3 N–H and O–H groups in total. The van der Waals surface area contributed by atoms with Crippen molar-refractivity contribution in [1.82, 2.24) is 10.4 Å². The summed E-state index contributed by atoms with van der Waals surface area (Å²) >= 11 is 0. The van der Waals surface area contributed by atoms with Gasteiger partial charge in [0.15, 0.2) is 0 Å². The van der Waals surface area contributed by atoms with Crippen LogP contribution in [0.2, 0.25) is 0 Å². The first-order valence-electron chi connectivity index (χ1n) is 7.88. The summed E-state index contributed by atoms with van der Waals surface area (Å²) in [6.45, 7) is 7.91. The van der Waals surface area contributed by atoms with Crippen LogP contribution in [0, 0.1) is 11.8 Å². The van der Waals surface area contributed by atoms with E-state index in [1.54, 1.807) is 0 Å². The number of rotatable bonds is 4. The summed E-state index contributed by atoms with van der Waals surface area (Å²) in [5, 5.41) is 2.44. The van der Waals surface area contributed by atoms with E-state index < -0.39 is 0 Å². The molecule has 1 saturated carbocycles. The summed E-state index contributed by atoms with van der Waals surface area (Å²) in [4.78, 5) is 0. The van der Waals surface area contributed by atoms with Gasteiger partial charge in [-0.3, -0.25) is 0 Å². The van der Waals surface area contributed by atoms with Crippen LogP contribution in [0.5, 0.6) is 0 Å². The molecule has 2 aliphatic rings. The highest BCUT2D eigenvalue weighted by Crippen LogP contribution is 2.36. The van der Waals surface area contributed by atoms with E-state index in [4.69, 9.17) is 5.73 Å². The minimum Gasteiger partial charge on any atom is -0.329 e. The number of piperidine rings is 1. The van der Waals surface area contributed by atoms with E-state index in [-0.39, 0.29) is 5.54 Å². The third-order valence-electron chi connectivity index (χ3n) is 4.97. The van der Waals surface area contributed by atoms with Crippen molar-refractivity contribution >= 4 is 0 Å². The van der Waals surface area contributed by atoms with Crippen LogP contribution in [0.15, 0.2) is 0 Å². The Bertz CT molecular complexity index is 248. The Hall–Kier alpha value is -0.120. The summed E-state index contributed by atoms with van der Waals surface area (Å²) in [5.74, 6) is 1.64. The maximum atomic E-state index is 6.13. The fourth-order valence-electron chi connectivity index (χ4n) is 3.65. The van der Waals surface area contributed by atoms with Crippen LogP contribution in [0.1, 0.15) is 58.8 Å². The Balaban J connectivity index is 1.95. The third-order valence-corrected chi connectivity index (χ3v) is 4.97. The molecule has 3 heteroatoms. The van der Waals surface area contributed by atoms with E-state index in [0.29, 0.717) is 0 Å². The second kappa shape index (κ2) is 6.36. The summed E-state index contributed by atoms with van der Waals surface area (Å²) in [5.41, 5.74) is 10.1.